The summed E-state index contributed by atoms with van der Waals surface area (Å²) in [6, 6.07) is 8.19. The molecule has 2 rings (SSSR count). The molecular weight excluding hydrogens is 336 g/mol. The molecule has 0 spiro atoms. The second kappa shape index (κ2) is 5.64. The van der Waals surface area contributed by atoms with E-state index >= 15 is 0 Å². The summed E-state index contributed by atoms with van der Waals surface area (Å²) < 4.78 is 24.5. The van der Waals surface area contributed by atoms with Crippen LogP contribution in [-0.2, 0) is 10.0 Å². The summed E-state index contributed by atoms with van der Waals surface area (Å²) in [4.78, 5) is 2.34. The second-order valence-corrected chi connectivity index (χ2v) is 6.72. The molecule has 1 heterocycles. The quantitative estimate of drug-likeness (QED) is 0.684. The number of rotatable bonds is 4. The highest BCUT2D eigenvalue weighted by Crippen LogP contribution is 2.14. The summed E-state index contributed by atoms with van der Waals surface area (Å²) in [7, 11) is -3.60. The SMILES string of the molecule is O=S(=O)(N/N=C/c1ccsc1)c1ccc(Br)cc1. The average molecular weight is 345 g/mol. The lowest BCUT2D eigenvalue weighted by molar-refractivity contribution is 0.584. The Morgan fingerprint density at radius 1 is 1.22 bits per heavy atom. The molecule has 0 amide bonds. The van der Waals surface area contributed by atoms with Gasteiger partial charge in [-0.1, -0.05) is 15.9 Å². The first-order valence-electron chi connectivity index (χ1n) is 4.90. The van der Waals surface area contributed by atoms with Crippen molar-refractivity contribution in [3.8, 4) is 0 Å². The molecule has 0 saturated carbocycles. The van der Waals surface area contributed by atoms with Gasteiger partial charge in [0.15, 0.2) is 0 Å². The van der Waals surface area contributed by atoms with Gasteiger partial charge in [-0.2, -0.15) is 24.9 Å². The molecule has 0 aliphatic heterocycles. The number of hydrogen-bond donors (Lipinski definition) is 1. The van der Waals surface area contributed by atoms with Crippen LogP contribution in [0.3, 0.4) is 0 Å². The van der Waals surface area contributed by atoms with E-state index in [1.54, 1.807) is 12.1 Å². The predicted molar refractivity (Wildman–Crippen MR) is 76.4 cm³/mol. The molecule has 1 aromatic heterocycles. The van der Waals surface area contributed by atoms with Crippen LogP contribution in [0.2, 0.25) is 0 Å². The number of halogens is 1. The van der Waals surface area contributed by atoms with Crippen LogP contribution in [0.1, 0.15) is 5.56 Å². The van der Waals surface area contributed by atoms with E-state index in [0.717, 1.165) is 10.0 Å². The van der Waals surface area contributed by atoms with Crippen molar-refractivity contribution < 1.29 is 8.42 Å². The maximum absolute atomic E-state index is 11.8. The molecule has 94 valence electrons. The van der Waals surface area contributed by atoms with Gasteiger partial charge in [0.2, 0.25) is 0 Å². The highest BCUT2D eigenvalue weighted by molar-refractivity contribution is 9.10. The minimum Gasteiger partial charge on any atom is -0.200 e. The molecule has 1 N–H and O–H groups in total. The molecule has 0 aliphatic rings. The van der Waals surface area contributed by atoms with E-state index in [1.807, 2.05) is 16.8 Å². The third-order valence-electron chi connectivity index (χ3n) is 2.05. The first-order valence-corrected chi connectivity index (χ1v) is 8.12. The molecule has 1 aromatic carbocycles. The number of benzene rings is 1. The molecular formula is C11H9BrN2O2S2. The fraction of sp³-hybridized carbons (Fsp3) is 0. The smallest absolute Gasteiger partial charge is 0.200 e. The number of hydrazone groups is 1. The lowest BCUT2D eigenvalue weighted by Crippen LogP contribution is -2.18. The van der Waals surface area contributed by atoms with Gasteiger partial charge < -0.3 is 0 Å². The Morgan fingerprint density at radius 2 is 1.94 bits per heavy atom. The Hall–Kier alpha value is -1.18. The van der Waals surface area contributed by atoms with Crippen LogP contribution in [0.4, 0.5) is 0 Å². The lowest BCUT2D eigenvalue weighted by atomic mass is 10.4. The monoisotopic (exact) mass is 344 g/mol. The Labute approximate surface area is 118 Å². The molecule has 0 radical (unpaired) electrons. The third-order valence-corrected chi connectivity index (χ3v) is 4.52. The van der Waals surface area contributed by atoms with E-state index in [1.165, 1.54) is 29.7 Å². The van der Waals surface area contributed by atoms with Crippen molar-refractivity contribution in [1.29, 1.82) is 0 Å². The first kappa shape index (κ1) is 13.3. The van der Waals surface area contributed by atoms with Crippen molar-refractivity contribution in [3.63, 3.8) is 0 Å². The highest BCUT2D eigenvalue weighted by atomic mass is 79.9. The molecule has 7 heteroatoms. The summed E-state index contributed by atoms with van der Waals surface area (Å²) in [6.45, 7) is 0. The van der Waals surface area contributed by atoms with Crippen molar-refractivity contribution >= 4 is 43.5 Å². The third kappa shape index (κ3) is 3.41. The van der Waals surface area contributed by atoms with E-state index in [2.05, 4.69) is 25.9 Å². The van der Waals surface area contributed by atoms with Gasteiger partial charge >= 0.3 is 0 Å². The van der Waals surface area contributed by atoms with Gasteiger partial charge in [-0.3, -0.25) is 0 Å². The fourth-order valence-electron chi connectivity index (χ4n) is 1.19. The van der Waals surface area contributed by atoms with Crippen LogP contribution in [0.5, 0.6) is 0 Å². The molecule has 2 aromatic rings. The van der Waals surface area contributed by atoms with Gasteiger partial charge in [-0.25, -0.2) is 4.83 Å². The van der Waals surface area contributed by atoms with Crippen LogP contribution in [0, 0.1) is 0 Å². The van der Waals surface area contributed by atoms with Crippen LogP contribution >= 0.6 is 27.3 Å². The van der Waals surface area contributed by atoms with Gasteiger partial charge in [0.25, 0.3) is 10.0 Å². The van der Waals surface area contributed by atoms with Gasteiger partial charge in [0.05, 0.1) is 11.1 Å². The maximum atomic E-state index is 11.8. The Balaban J connectivity index is 2.10. The van der Waals surface area contributed by atoms with E-state index in [9.17, 15) is 8.42 Å². The standard InChI is InChI=1S/C11H9BrN2O2S2/c12-10-1-3-11(4-2-10)18(15,16)14-13-7-9-5-6-17-8-9/h1-8,14H/b13-7+. The summed E-state index contributed by atoms with van der Waals surface area (Å²) >= 11 is 4.77. The molecule has 4 nitrogen and oxygen atoms in total. The fourth-order valence-corrected chi connectivity index (χ4v) is 2.85. The molecule has 18 heavy (non-hydrogen) atoms. The maximum Gasteiger partial charge on any atom is 0.276 e. The van der Waals surface area contributed by atoms with Crippen molar-refractivity contribution in [2.24, 2.45) is 5.10 Å². The second-order valence-electron chi connectivity index (χ2n) is 3.36. The molecule has 0 saturated heterocycles. The number of hydrogen-bond acceptors (Lipinski definition) is 4. The normalized spacial score (nSPS) is 11.8. The number of sulfonamides is 1. The Bertz CT molecular complexity index is 634. The molecule has 0 unspecified atom stereocenters. The number of nitrogens with one attached hydrogen (secondary N) is 1. The zero-order valence-corrected chi connectivity index (χ0v) is 12.3. The molecule has 0 bridgehead atoms. The van der Waals surface area contributed by atoms with Gasteiger partial charge in [0.1, 0.15) is 0 Å². The van der Waals surface area contributed by atoms with Crippen LogP contribution in [-0.4, -0.2) is 14.6 Å². The average Bonchev–Trinajstić information content (AvgIpc) is 2.82. The highest BCUT2D eigenvalue weighted by Gasteiger charge is 2.11. The van der Waals surface area contributed by atoms with Crippen molar-refractivity contribution in [1.82, 2.24) is 4.83 Å². The predicted octanol–water partition coefficient (Wildman–Crippen LogP) is 2.82. The van der Waals surface area contributed by atoms with Crippen molar-refractivity contribution in [2.75, 3.05) is 0 Å². The van der Waals surface area contributed by atoms with Crippen LogP contribution in [0.25, 0.3) is 0 Å². The lowest BCUT2D eigenvalue weighted by Gasteiger charge is -2.02. The number of thiophene rings is 1. The van der Waals surface area contributed by atoms with Crippen LogP contribution in [0.15, 0.2) is 55.6 Å². The largest absolute Gasteiger partial charge is 0.276 e. The zero-order chi connectivity index (χ0) is 13.0. The topological polar surface area (TPSA) is 58.5 Å². The van der Waals surface area contributed by atoms with Gasteiger partial charge in [0, 0.05) is 10.0 Å². The minimum absolute atomic E-state index is 0.174. The Morgan fingerprint density at radius 3 is 2.56 bits per heavy atom. The molecule has 0 aliphatic carbocycles. The summed E-state index contributed by atoms with van der Waals surface area (Å²) in [5, 5.41) is 7.48. The summed E-state index contributed by atoms with van der Waals surface area (Å²) in [6.07, 6.45) is 1.47. The number of nitrogens with zero attached hydrogens (tertiary/aromatic N) is 1. The summed E-state index contributed by atoms with van der Waals surface area (Å²) in [5.41, 5.74) is 0.860. The summed E-state index contributed by atoms with van der Waals surface area (Å²) in [5.74, 6) is 0. The van der Waals surface area contributed by atoms with E-state index in [0.29, 0.717) is 0 Å². The Kier molecular flexibility index (Phi) is 4.15. The molecule has 0 fully saturated rings. The first-order chi connectivity index (χ1) is 8.58. The van der Waals surface area contributed by atoms with Gasteiger partial charge in [-0.15, -0.1) is 0 Å². The van der Waals surface area contributed by atoms with Crippen LogP contribution < -0.4 is 4.83 Å². The van der Waals surface area contributed by atoms with Crippen molar-refractivity contribution in [2.45, 2.75) is 4.90 Å². The minimum atomic E-state index is -3.60. The van der Waals surface area contributed by atoms with E-state index in [4.69, 9.17) is 0 Å². The molecule has 0 atom stereocenters. The van der Waals surface area contributed by atoms with Crippen molar-refractivity contribution in [3.05, 3.63) is 51.1 Å². The van der Waals surface area contributed by atoms with E-state index in [-0.39, 0.29) is 4.90 Å². The zero-order valence-electron chi connectivity index (χ0n) is 9.08. The van der Waals surface area contributed by atoms with E-state index < -0.39 is 10.0 Å². The van der Waals surface area contributed by atoms with Gasteiger partial charge in [-0.05, 0) is 41.1 Å².